The zero-order valence-corrected chi connectivity index (χ0v) is 46.4. The summed E-state index contributed by atoms with van der Waals surface area (Å²) in [6.07, 6.45) is 63.8. The van der Waals surface area contributed by atoms with E-state index in [4.69, 9.17) is 0 Å². The Hall–Kier alpha value is 1.34. The van der Waals surface area contributed by atoms with Crippen molar-refractivity contribution in [1.29, 1.82) is 0 Å². The van der Waals surface area contributed by atoms with E-state index in [1.807, 2.05) is 0 Å². The van der Waals surface area contributed by atoms with Crippen molar-refractivity contribution < 1.29 is 0 Å². The van der Waals surface area contributed by atoms with E-state index in [9.17, 15) is 0 Å². The summed E-state index contributed by atoms with van der Waals surface area (Å²) in [5, 5.41) is 0. The number of hydrogen-bond donors (Lipinski definition) is 0. The summed E-state index contributed by atoms with van der Waals surface area (Å²) in [4.78, 5) is 0. The van der Waals surface area contributed by atoms with Gasteiger partial charge in [0.05, 0.1) is 0 Å². The molecule has 0 heterocycles. The molecule has 56 heavy (non-hydrogen) atoms. The Morgan fingerprint density at radius 1 is 0.232 bits per heavy atom. The van der Waals surface area contributed by atoms with Gasteiger partial charge in [-0.25, -0.2) is 0 Å². The molecule has 2 radical (unpaired) electrons. The Morgan fingerprint density at radius 3 is 0.536 bits per heavy atom. The van der Waals surface area contributed by atoms with Crippen molar-refractivity contribution in [3.05, 3.63) is 12.2 Å². The topological polar surface area (TPSA) is 0 Å². The molecular formula is C54H112Sn2. The molecule has 0 aliphatic heterocycles. The Labute approximate surface area is 373 Å². The predicted molar refractivity (Wildman–Crippen MR) is 268 cm³/mol. The van der Waals surface area contributed by atoms with E-state index in [2.05, 4.69) is 53.7 Å². The Bertz CT molecular complexity index is 541. The van der Waals surface area contributed by atoms with Crippen LogP contribution in [-0.4, -0.2) is 39.5 Å². The van der Waals surface area contributed by atoms with Crippen molar-refractivity contribution in [3.8, 4) is 0 Å². The molecule has 0 aromatic carbocycles. The first-order valence-corrected chi connectivity index (χ1v) is 39.1. The van der Waals surface area contributed by atoms with Gasteiger partial charge < -0.3 is 0 Å². The molecule has 0 nitrogen and oxygen atoms in total. The van der Waals surface area contributed by atoms with Crippen LogP contribution in [0.3, 0.4) is 0 Å². The molecule has 0 saturated carbocycles. The maximum absolute atomic E-state index is 2.33. The van der Waals surface area contributed by atoms with E-state index in [0.29, 0.717) is 0 Å². The molecule has 1 aliphatic rings. The summed E-state index contributed by atoms with van der Waals surface area (Å²) >= 11 is -2.03. The minimum atomic E-state index is -1.02. The number of hydrogen-bond acceptors (Lipinski definition) is 0. The van der Waals surface area contributed by atoms with E-state index in [1.54, 1.807) is 65.1 Å². The third kappa shape index (κ3) is 53.4. The molecule has 1 aliphatic carbocycles. The molecule has 0 atom stereocenters. The van der Waals surface area contributed by atoms with Gasteiger partial charge in [0.25, 0.3) is 0 Å². The van der Waals surface area contributed by atoms with Crippen LogP contribution in [0.15, 0.2) is 12.2 Å². The molecule has 336 valence electrons. The van der Waals surface area contributed by atoms with E-state index in [-0.39, 0.29) is 0 Å². The monoisotopic (exact) mass is 1000 g/mol. The second-order valence-electron chi connectivity index (χ2n) is 18.4. The van der Waals surface area contributed by atoms with Gasteiger partial charge in [-0.1, -0.05) is 12.2 Å². The fraction of sp³-hybridized carbons (Fsp3) is 0.963. The molecule has 0 spiro atoms. The van der Waals surface area contributed by atoms with Crippen LogP contribution in [0.1, 0.15) is 298 Å². The van der Waals surface area contributed by atoms with Crippen LogP contribution >= 0.6 is 0 Å². The number of allylic oxidation sites excluding steroid dienone is 2. The number of unbranched alkanes of at least 4 members (excludes halogenated alkanes) is 30. The molecule has 0 amide bonds. The van der Waals surface area contributed by atoms with E-state index >= 15 is 0 Å². The van der Waals surface area contributed by atoms with Crippen molar-refractivity contribution in [2.24, 2.45) is 0 Å². The summed E-state index contributed by atoms with van der Waals surface area (Å²) in [5.74, 6) is 0. The fourth-order valence-corrected chi connectivity index (χ4v) is 25.6. The molecule has 0 saturated heterocycles. The summed E-state index contributed by atoms with van der Waals surface area (Å²) < 4.78 is 10.3. The van der Waals surface area contributed by atoms with Gasteiger partial charge in [-0.05, 0) is 25.7 Å². The summed E-state index contributed by atoms with van der Waals surface area (Å²) in [5.41, 5.74) is 0. The van der Waals surface area contributed by atoms with Crippen LogP contribution in [0, 0.1) is 0 Å². The van der Waals surface area contributed by atoms with Crippen molar-refractivity contribution >= 4 is 39.5 Å². The molecule has 0 unspecified atom stereocenters. The van der Waals surface area contributed by atoms with Gasteiger partial charge >= 0.3 is 339 Å². The molecule has 0 aromatic rings. The standard InChI is InChI=1S/6C8H17.C6H10.2Sn/c6*1-3-5-7-8-6-4-2;1-2-4-6-5-3-1;;/h6*1,3-8H2,2H3;1-2H,3-6H2;;. The van der Waals surface area contributed by atoms with Crippen molar-refractivity contribution in [2.75, 3.05) is 0 Å². The maximum atomic E-state index is 2.33. The average molecular weight is 999 g/mol. The van der Waals surface area contributed by atoms with Gasteiger partial charge in [0.1, 0.15) is 0 Å². The quantitative estimate of drug-likeness (QED) is 0.0325. The molecule has 2 heteroatoms. The predicted octanol–water partition coefficient (Wildman–Crippen LogP) is 21.2. The van der Waals surface area contributed by atoms with Crippen LogP contribution < -0.4 is 0 Å². The van der Waals surface area contributed by atoms with E-state index < -0.39 is 39.5 Å². The average Bonchev–Trinajstić information content (AvgIpc) is 3.23. The Morgan fingerprint density at radius 2 is 0.393 bits per heavy atom. The van der Waals surface area contributed by atoms with Crippen LogP contribution in [-0.2, 0) is 0 Å². The summed E-state index contributed by atoms with van der Waals surface area (Å²) in [6.45, 7) is 14.0. The summed E-state index contributed by atoms with van der Waals surface area (Å²) in [6, 6.07) is 0. The van der Waals surface area contributed by atoms with Gasteiger partial charge in [0.2, 0.25) is 0 Å². The molecule has 0 aromatic heterocycles. The first-order valence-electron chi connectivity index (χ1n) is 27.0. The second kappa shape index (κ2) is 56.3. The van der Waals surface area contributed by atoms with Crippen molar-refractivity contribution in [3.63, 3.8) is 0 Å². The molecule has 1 rings (SSSR count). The van der Waals surface area contributed by atoms with Crippen molar-refractivity contribution in [1.82, 2.24) is 0 Å². The van der Waals surface area contributed by atoms with Crippen LogP contribution in [0.2, 0.25) is 26.6 Å². The molecular weight excluding hydrogens is 886 g/mol. The van der Waals surface area contributed by atoms with Crippen molar-refractivity contribution in [2.45, 2.75) is 325 Å². The zero-order valence-electron chi connectivity index (χ0n) is 40.7. The first kappa shape index (κ1) is 59.4. The van der Waals surface area contributed by atoms with Gasteiger partial charge in [-0.2, -0.15) is 0 Å². The normalized spacial score (nSPS) is 12.6. The number of rotatable bonds is 42. The minimum absolute atomic E-state index is 1.02. The van der Waals surface area contributed by atoms with E-state index in [1.165, 1.54) is 218 Å². The van der Waals surface area contributed by atoms with E-state index in [0.717, 1.165) is 0 Å². The first-order chi connectivity index (χ1) is 27.7. The molecule has 0 N–H and O–H groups in total. The van der Waals surface area contributed by atoms with Gasteiger partial charge in [0.15, 0.2) is 0 Å². The van der Waals surface area contributed by atoms with Gasteiger partial charge in [-0.3, -0.25) is 0 Å². The van der Waals surface area contributed by atoms with Crippen LogP contribution in [0.4, 0.5) is 0 Å². The molecule has 0 bridgehead atoms. The SMILES string of the molecule is C1=CCCCC1.CCCCCCC[CH2][Sn]([CH2]CCCCCCC)[CH2]CCCCCCC.CCCCCCC[CH2][Sn]([CH2]CCCCCCC)[CH2]CCCCCCC. The molecule has 0 fully saturated rings. The summed E-state index contributed by atoms with van der Waals surface area (Å²) in [7, 11) is 0. The second-order valence-corrected chi connectivity index (χ2v) is 35.5. The van der Waals surface area contributed by atoms with Crippen LogP contribution in [0.5, 0.6) is 0 Å². The third-order valence-corrected chi connectivity index (χ3v) is 30.6. The van der Waals surface area contributed by atoms with Crippen LogP contribution in [0.25, 0.3) is 0 Å². The van der Waals surface area contributed by atoms with Gasteiger partial charge in [0, 0.05) is 0 Å². The third-order valence-electron chi connectivity index (χ3n) is 12.5. The van der Waals surface area contributed by atoms with Gasteiger partial charge in [-0.15, -0.1) is 0 Å². The zero-order chi connectivity index (χ0) is 41.1. The Balaban J connectivity index is 0. The fourth-order valence-electron chi connectivity index (χ4n) is 8.44. The Kier molecular flexibility index (Phi) is 59.8.